The average molecular weight is 491 g/mol. The van der Waals surface area contributed by atoms with Crippen LogP contribution in [0.1, 0.15) is 31.9 Å². The van der Waals surface area contributed by atoms with Crippen LogP contribution in [-0.4, -0.2) is 36.6 Å². The molecule has 1 unspecified atom stereocenters. The number of halogens is 2. The van der Waals surface area contributed by atoms with E-state index in [0.29, 0.717) is 44.8 Å². The van der Waals surface area contributed by atoms with Gasteiger partial charge in [0, 0.05) is 23.0 Å². The minimum Gasteiger partial charge on any atom is -0.466 e. The number of allylic oxidation sites excluding steroid dienone is 1. The molecular formula is C23H24Cl2N4O4. The smallest absolute Gasteiger partial charge is 0.337 e. The summed E-state index contributed by atoms with van der Waals surface area (Å²) in [5.41, 5.74) is 2.34. The van der Waals surface area contributed by atoms with Gasteiger partial charge in [-0.1, -0.05) is 42.3 Å². The van der Waals surface area contributed by atoms with Gasteiger partial charge in [0.05, 0.1) is 29.4 Å². The molecule has 10 heteroatoms. The minimum atomic E-state index is -0.728. The number of esters is 1. The summed E-state index contributed by atoms with van der Waals surface area (Å²) in [6.07, 6.45) is 0.732. The van der Waals surface area contributed by atoms with Crippen LogP contribution in [0.25, 0.3) is 0 Å². The summed E-state index contributed by atoms with van der Waals surface area (Å²) in [7, 11) is 1.30. The van der Waals surface area contributed by atoms with Crippen molar-refractivity contribution < 1.29 is 19.1 Å². The van der Waals surface area contributed by atoms with E-state index < -0.39 is 18.0 Å². The Balaban J connectivity index is 1.86. The zero-order valence-electron chi connectivity index (χ0n) is 18.4. The van der Waals surface area contributed by atoms with Crippen molar-refractivity contribution in [3.8, 4) is 0 Å². The summed E-state index contributed by atoms with van der Waals surface area (Å²) < 4.78 is 4.98. The number of hydrogen-bond donors (Lipinski definition) is 3. The zero-order chi connectivity index (χ0) is 24.1. The van der Waals surface area contributed by atoms with Gasteiger partial charge in [0.2, 0.25) is 0 Å². The molecule has 0 fully saturated rings. The quantitative estimate of drug-likeness (QED) is 0.461. The van der Waals surface area contributed by atoms with Crippen LogP contribution < -0.4 is 16.0 Å². The lowest BCUT2D eigenvalue weighted by Gasteiger charge is -2.35. The summed E-state index contributed by atoms with van der Waals surface area (Å²) in [5, 5.41) is 9.00. The molecule has 0 saturated carbocycles. The normalized spacial score (nSPS) is 15.7. The summed E-state index contributed by atoms with van der Waals surface area (Å²) in [5.74, 6) is -0.535. The highest BCUT2D eigenvalue weighted by molar-refractivity contribution is 6.36. The molecule has 0 spiro atoms. The Morgan fingerprint density at radius 3 is 2.58 bits per heavy atom. The van der Waals surface area contributed by atoms with Gasteiger partial charge in [-0.15, -0.1) is 0 Å². The van der Waals surface area contributed by atoms with E-state index in [2.05, 4.69) is 16.0 Å². The number of amides is 4. The number of nitrogens with one attached hydrogen (secondary N) is 3. The molecule has 2 aromatic carbocycles. The monoisotopic (exact) mass is 490 g/mol. The maximum Gasteiger partial charge on any atom is 0.337 e. The van der Waals surface area contributed by atoms with E-state index in [1.165, 1.54) is 18.1 Å². The van der Waals surface area contributed by atoms with Gasteiger partial charge in [-0.2, -0.15) is 0 Å². The Kier molecular flexibility index (Phi) is 7.84. The topological polar surface area (TPSA) is 99.8 Å². The van der Waals surface area contributed by atoms with E-state index in [4.69, 9.17) is 27.9 Å². The number of benzene rings is 2. The fraction of sp³-hybridized carbons (Fsp3) is 0.261. The number of rotatable bonds is 6. The number of urea groups is 2. The summed E-state index contributed by atoms with van der Waals surface area (Å²) in [6.45, 7) is 4.14. The van der Waals surface area contributed by atoms with E-state index in [-0.39, 0.29) is 6.03 Å². The first-order valence-corrected chi connectivity index (χ1v) is 11.0. The Hall–Kier alpha value is -3.23. The second-order valence-electron chi connectivity index (χ2n) is 7.35. The first-order chi connectivity index (χ1) is 15.7. The Morgan fingerprint density at radius 2 is 1.91 bits per heavy atom. The summed E-state index contributed by atoms with van der Waals surface area (Å²) in [4.78, 5) is 39.3. The van der Waals surface area contributed by atoms with E-state index in [9.17, 15) is 14.4 Å². The van der Waals surface area contributed by atoms with Gasteiger partial charge in [0.1, 0.15) is 0 Å². The molecule has 33 heavy (non-hydrogen) atoms. The van der Waals surface area contributed by atoms with Crippen LogP contribution >= 0.6 is 23.2 Å². The molecule has 1 heterocycles. The van der Waals surface area contributed by atoms with Crippen LogP contribution in [0.3, 0.4) is 0 Å². The highest BCUT2D eigenvalue weighted by Gasteiger charge is 2.36. The lowest BCUT2D eigenvalue weighted by molar-refractivity contribution is -0.136. The van der Waals surface area contributed by atoms with Gasteiger partial charge >= 0.3 is 18.0 Å². The van der Waals surface area contributed by atoms with Crippen molar-refractivity contribution in [1.29, 1.82) is 0 Å². The number of carbonyl (C=O) groups excluding carboxylic acids is 3. The number of carbonyl (C=O) groups is 3. The van der Waals surface area contributed by atoms with Crippen molar-refractivity contribution in [2.75, 3.05) is 24.3 Å². The third-order valence-corrected chi connectivity index (χ3v) is 5.65. The highest BCUT2D eigenvalue weighted by atomic mass is 35.5. The zero-order valence-corrected chi connectivity index (χ0v) is 19.9. The van der Waals surface area contributed by atoms with Gasteiger partial charge in [-0.25, -0.2) is 14.4 Å². The highest BCUT2D eigenvalue weighted by Crippen LogP contribution is 2.32. The second kappa shape index (κ2) is 10.6. The van der Waals surface area contributed by atoms with Crippen LogP contribution in [0.15, 0.2) is 53.7 Å². The maximum absolute atomic E-state index is 12.7. The van der Waals surface area contributed by atoms with Gasteiger partial charge in [-0.05, 0) is 49.2 Å². The van der Waals surface area contributed by atoms with Crippen LogP contribution in [-0.2, 0) is 9.53 Å². The first-order valence-electron chi connectivity index (χ1n) is 10.2. The third-order valence-electron chi connectivity index (χ3n) is 5.11. The van der Waals surface area contributed by atoms with Crippen molar-refractivity contribution in [3.05, 3.63) is 69.3 Å². The maximum atomic E-state index is 12.7. The lowest BCUT2D eigenvalue weighted by Crippen LogP contribution is -2.48. The average Bonchev–Trinajstić information content (AvgIpc) is 2.78. The predicted octanol–water partition coefficient (Wildman–Crippen LogP) is 5.56. The molecule has 8 nitrogen and oxygen atoms in total. The van der Waals surface area contributed by atoms with Crippen LogP contribution in [0.2, 0.25) is 10.0 Å². The number of methoxy groups -OCH3 is 1. The van der Waals surface area contributed by atoms with Gasteiger partial charge in [0.15, 0.2) is 0 Å². The molecular weight excluding hydrogens is 467 g/mol. The Morgan fingerprint density at radius 1 is 1.15 bits per heavy atom. The molecule has 4 amide bonds. The van der Waals surface area contributed by atoms with Crippen LogP contribution in [0.4, 0.5) is 21.0 Å². The minimum absolute atomic E-state index is 0.302. The van der Waals surface area contributed by atoms with Gasteiger partial charge < -0.3 is 20.7 Å². The predicted molar refractivity (Wildman–Crippen MR) is 129 cm³/mol. The molecule has 0 aromatic heterocycles. The fourth-order valence-corrected chi connectivity index (χ4v) is 4.03. The third kappa shape index (κ3) is 5.58. The summed E-state index contributed by atoms with van der Waals surface area (Å²) in [6, 6.07) is 10.0. The van der Waals surface area contributed by atoms with Crippen molar-refractivity contribution in [2.45, 2.75) is 26.3 Å². The molecule has 2 aromatic rings. The molecule has 1 aliphatic rings. The second-order valence-corrected chi connectivity index (χ2v) is 8.20. The first kappa shape index (κ1) is 24.4. The molecule has 0 bridgehead atoms. The van der Waals surface area contributed by atoms with Gasteiger partial charge in [-0.3, -0.25) is 4.90 Å². The van der Waals surface area contributed by atoms with E-state index in [1.54, 1.807) is 43.3 Å². The fourth-order valence-electron chi connectivity index (χ4n) is 3.57. The molecule has 0 radical (unpaired) electrons. The molecule has 1 atom stereocenters. The van der Waals surface area contributed by atoms with E-state index in [1.807, 2.05) is 6.92 Å². The van der Waals surface area contributed by atoms with Crippen LogP contribution in [0.5, 0.6) is 0 Å². The Labute approximate surface area is 201 Å². The number of hydrogen-bond acceptors (Lipinski definition) is 4. The Bertz CT molecular complexity index is 1120. The van der Waals surface area contributed by atoms with Crippen LogP contribution in [0, 0.1) is 0 Å². The van der Waals surface area contributed by atoms with Gasteiger partial charge in [0.25, 0.3) is 0 Å². The van der Waals surface area contributed by atoms with Crippen molar-refractivity contribution >= 4 is 52.6 Å². The van der Waals surface area contributed by atoms with Crippen molar-refractivity contribution in [1.82, 2.24) is 10.2 Å². The molecule has 174 valence electrons. The standard InChI is InChI=1S/C23H24Cl2N4O4/c1-4-10-29-13(2)19(21(30)33-3)20(28-23(29)32)14-6-5-7-16(11-14)26-22(31)27-18-9-8-15(24)12-17(18)25/h5-9,11-12,20H,4,10H2,1-3H3,(H,28,32)(H2,26,27,31). The number of anilines is 2. The molecule has 1 aliphatic heterocycles. The molecule has 0 saturated heterocycles. The number of nitrogens with zero attached hydrogens (tertiary/aromatic N) is 1. The van der Waals surface area contributed by atoms with E-state index in [0.717, 1.165) is 6.42 Å². The lowest BCUT2D eigenvalue weighted by atomic mass is 9.94. The molecule has 3 N–H and O–H groups in total. The largest absolute Gasteiger partial charge is 0.466 e. The van der Waals surface area contributed by atoms with E-state index >= 15 is 0 Å². The van der Waals surface area contributed by atoms with Crippen molar-refractivity contribution in [3.63, 3.8) is 0 Å². The van der Waals surface area contributed by atoms with Crippen molar-refractivity contribution in [2.24, 2.45) is 0 Å². The molecule has 3 rings (SSSR count). The summed E-state index contributed by atoms with van der Waals surface area (Å²) >= 11 is 12.0. The number of ether oxygens (including phenoxy) is 1. The molecule has 0 aliphatic carbocycles. The SMILES string of the molecule is CCCN1C(=O)NC(c2cccc(NC(=O)Nc3ccc(Cl)cc3Cl)c2)C(C(=O)OC)=C1C.